The summed E-state index contributed by atoms with van der Waals surface area (Å²) in [6.07, 6.45) is -1.30. The van der Waals surface area contributed by atoms with Gasteiger partial charge in [-0.15, -0.1) is 11.3 Å². The first kappa shape index (κ1) is 26.7. The molecule has 2 aliphatic rings. The zero-order chi connectivity index (χ0) is 27.2. The number of rotatable bonds is 5. The van der Waals surface area contributed by atoms with Gasteiger partial charge in [0, 0.05) is 15.8 Å². The van der Waals surface area contributed by atoms with Crippen molar-refractivity contribution in [2.75, 3.05) is 17.2 Å². The molecule has 7 nitrogen and oxygen atoms in total. The highest BCUT2D eigenvalue weighted by molar-refractivity contribution is 9.10. The van der Waals surface area contributed by atoms with Gasteiger partial charge in [-0.2, -0.15) is 18.3 Å². The molecule has 3 heterocycles. The average Bonchev–Trinajstić information content (AvgIpc) is 3.44. The van der Waals surface area contributed by atoms with Gasteiger partial charge in [0.2, 0.25) is 0 Å². The summed E-state index contributed by atoms with van der Waals surface area (Å²) >= 11 is 4.67. The fourth-order valence-electron chi connectivity index (χ4n) is 5.07. The molecule has 1 aliphatic heterocycles. The van der Waals surface area contributed by atoms with Crippen molar-refractivity contribution in [2.24, 2.45) is 5.92 Å². The minimum atomic E-state index is -4.56. The van der Waals surface area contributed by atoms with Gasteiger partial charge in [-0.25, -0.2) is 9.48 Å². The molecule has 0 spiro atoms. The maximum Gasteiger partial charge on any atom is 0.410 e. The van der Waals surface area contributed by atoms with Gasteiger partial charge in [-0.1, -0.05) is 35.0 Å². The van der Waals surface area contributed by atoms with Gasteiger partial charge in [0.05, 0.1) is 24.4 Å². The molecule has 1 amide bonds. The molecule has 1 aromatic carbocycles. The van der Waals surface area contributed by atoms with Crippen molar-refractivity contribution in [3.8, 4) is 0 Å². The number of alkyl halides is 3. The lowest BCUT2D eigenvalue weighted by molar-refractivity contribution is -0.173. The monoisotopic (exact) mass is 610 g/mol. The quantitative estimate of drug-likeness (QED) is 0.306. The number of esters is 1. The average molecular weight is 611 g/mol. The van der Waals surface area contributed by atoms with Crippen molar-refractivity contribution >= 4 is 50.0 Å². The van der Waals surface area contributed by atoms with Crippen LogP contribution in [0.25, 0.3) is 0 Å². The summed E-state index contributed by atoms with van der Waals surface area (Å²) in [5.41, 5.74) is 1.84. The van der Waals surface area contributed by atoms with Crippen LogP contribution in [0.3, 0.4) is 0 Å². The molecule has 0 saturated carbocycles. The molecule has 2 aromatic heterocycles. The van der Waals surface area contributed by atoms with Gasteiger partial charge in [-0.3, -0.25) is 4.79 Å². The standard InChI is InChI=1S/C26H26BrF3N4O3S/c1-3-37-25(36)21-16-9-4-13(2)10-19(16)38-24(21)33-23(35)17-12-31-34-20(26(28,29)30)11-18(32-22(17)34)14-5-7-15(27)8-6-14/h5-8,12-13,18,20,32H,3-4,9-11H2,1-2H3,(H,33,35)/t13-,18-,20+/m0/s1. The molecule has 202 valence electrons. The molecule has 0 bridgehead atoms. The van der Waals surface area contributed by atoms with Crippen LogP contribution in [0.5, 0.6) is 0 Å². The third-order valence-corrected chi connectivity index (χ3v) is 8.67. The van der Waals surface area contributed by atoms with E-state index in [0.29, 0.717) is 28.5 Å². The number of nitrogens with zero attached hydrogens (tertiary/aromatic N) is 2. The van der Waals surface area contributed by atoms with E-state index in [4.69, 9.17) is 4.74 Å². The topological polar surface area (TPSA) is 85.2 Å². The second-order valence-corrected chi connectivity index (χ2v) is 11.6. The first-order valence-corrected chi connectivity index (χ1v) is 14.0. The summed E-state index contributed by atoms with van der Waals surface area (Å²) in [7, 11) is 0. The first-order valence-electron chi connectivity index (χ1n) is 12.4. The Morgan fingerprint density at radius 2 is 2.03 bits per heavy atom. The number of anilines is 2. The SMILES string of the molecule is CCOC(=O)c1c(NC(=O)c2cnn3c2N[C@H](c2ccc(Br)cc2)C[C@@H]3C(F)(F)F)sc2c1CC[C@H](C)C2. The van der Waals surface area contributed by atoms with E-state index in [-0.39, 0.29) is 24.4 Å². The van der Waals surface area contributed by atoms with Crippen LogP contribution in [0, 0.1) is 5.92 Å². The van der Waals surface area contributed by atoms with Gasteiger partial charge in [-0.05, 0) is 55.4 Å². The maximum absolute atomic E-state index is 14.1. The Morgan fingerprint density at radius 1 is 1.29 bits per heavy atom. The molecule has 5 rings (SSSR count). The Balaban J connectivity index is 1.49. The Kier molecular flexibility index (Phi) is 7.29. The molecule has 0 unspecified atom stereocenters. The van der Waals surface area contributed by atoms with Crippen LogP contribution in [0.1, 0.15) is 75.5 Å². The van der Waals surface area contributed by atoms with Crippen LogP contribution in [0.2, 0.25) is 0 Å². The van der Waals surface area contributed by atoms with Gasteiger partial charge >= 0.3 is 12.1 Å². The molecule has 2 N–H and O–H groups in total. The smallest absolute Gasteiger partial charge is 0.410 e. The predicted octanol–water partition coefficient (Wildman–Crippen LogP) is 6.92. The second-order valence-electron chi connectivity index (χ2n) is 9.62. The molecule has 0 radical (unpaired) electrons. The Labute approximate surface area is 229 Å². The van der Waals surface area contributed by atoms with Crippen molar-refractivity contribution in [1.29, 1.82) is 0 Å². The minimum Gasteiger partial charge on any atom is -0.462 e. The third-order valence-electron chi connectivity index (χ3n) is 6.97. The second kappa shape index (κ2) is 10.4. The Hall–Kier alpha value is -2.86. The highest BCUT2D eigenvalue weighted by Gasteiger charge is 2.47. The number of nitrogens with one attached hydrogen (secondary N) is 2. The zero-order valence-electron chi connectivity index (χ0n) is 20.7. The van der Waals surface area contributed by atoms with Crippen molar-refractivity contribution in [1.82, 2.24) is 9.78 Å². The van der Waals surface area contributed by atoms with Gasteiger partial charge in [0.1, 0.15) is 16.4 Å². The number of amides is 1. The van der Waals surface area contributed by atoms with E-state index >= 15 is 0 Å². The van der Waals surface area contributed by atoms with E-state index < -0.39 is 30.1 Å². The molecular formula is C26H26BrF3N4O3S. The van der Waals surface area contributed by atoms with E-state index in [2.05, 4.69) is 38.6 Å². The summed E-state index contributed by atoms with van der Waals surface area (Å²) in [6.45, 7) is 4.03. The fourth-order valence-corrected chi connectivity index (χ4v) is 6.73. The third kappa shape index (κ3) is 5.07. The van der Waals surface area contributed by atoms with Gasteiger partial charge in [0.25, 0.3) is 5.91 Å². The van der Waals surface area contributed by atoms with Gasteiger partial charge in [0.15, 0.2) is 6.04 Å². The van der Waals surface area contributed by atoms with Crippen LogP contribution in [-0.4, -0.2) is 34.4 Å². The van der Waals surface area contributed by atoms with E-state index in [1.54, 1.807) is 31.2 Å². The number of benzene rings is 1. The van der Waals surface area contributed by atoms with Crippen LogP contribution >= 0.6 is 27.3 Å². The number of thiophene rings is 1. The highest BCUT2D eigenvalue weighted by atomic mass is 79.9. The minimum absolute atomic E-state index is 0.0170. The van der Waals surface area contributed by atoms with Crippen LogP contribution in [0.15, 0.2) is 34.9 Å². The number of ether oxygens (including phenoxy) is 1. The maximum atomic E-state index is 14.1. The largest absolute Gasteiger partial charge is 0.462 e. The molecule has 0 saturated heterocycles. The number of aromatic nitrogens is 2. The lowest BCUT2D eigenvalue weighted by Gasteiger charge is -2.34. The van der Waals surface area contributed by atoms with E-state index in [9.17, 15) is 22.8 Å². The zero-order valence-corrected chi connectivity index (χ0v) is 23.1. The number of halogens is 4. The van der Waals surface area contributed by atoms with E-state index in [1.165, 1.54) is 11.3 Å². The first-order chi connectivity index (χ1) is 18.1. The van der Waals surface area contributed by atoms with E-state index in [0.717, 1.165) is 38.6 Å². The summed E-state index contributed by atoms with van der Waals surface area (Å²) < 4.78 is 49.1. The molecular weight excluding hydrogens is 585 g/mol. The summed E-state index contributed by atoms with van der Waals surface area (Å²) in [4.78, 5) is 27.3. The highest BCUT2D eigenvalue weighted by Crippen LogP contribution is 2.45. The molecule has 12 heteroatoms. The number of carbonyl (C=O) groups excluding carboxylic acids is 2. The molecule has 3 atom stereocenters. The lowest BCUT2D eigenvalue weighted by atomic mass is 9.88. The number of fused-ring (bicyclic) bond motifs is 2. The van der Waals surface area contributed by atoms with Gasteiger partial charge < -0.3 is 15.4 Å². The molecule has 1 aliphatic carbocycles. The number of hydrogen-bond acceptors (Lipinski definition) is 6. The molecule has 0 fully saturated rings. The lowest BCUT2D eigenvalue weighted by Crippen LogP contribution is -2.36. The van der Waals surface area contributed by atoms with Crippen molar-refractivity contribution in [3.63, 3.8) is 0 Å². The van der Waals surface area contributed by atoms with E-state index in [1.807, 2.05) is 0 Å². The summed E-state index contributed by atoms with van der Waals surface area (Å²) in [5.74, 6) is -0.733. The number of carbonyl (C=O) groups is 2. The summed E-state index contributed by atoms with van der Waals surface area (Å²) in [6, 6.07) is 4.41. The Morgan fingerprint density at radius 3 is 2.71 bits per heavy atom. The van der Waals surface area contributed by atoms with Crippen LogP contribution in [0.4, 0.5) is 24.0 Å². The molecule has 38 heavy (non-hydrogen) atoms. The van der Waals surface area contributed by atoms with Crippen LogP contribution in [-0.2, 0) is 17.6 Å². The number of hydrogen-bond donors (Lipinski definition) is 2. The van der Waals surface area contributed by atoms with Crippen molar-refractivity contribution < 1.29 is 27.5 Å². The van der Waals surface area contributed by atoms with Crippen LogP contribution < -0.4 is 10.6 Å². The summed E-state index contributed by atoms with van der Waals surface area (Å²) in [5, 5.41) is 10.2. The Bertz CT molecular complexity index is 1370. The normalized spacial score (nSPS) is 20.7. The fraction of sp³-hybridized carbons (Fsp3) is 0.423. The predicted molar refractivity (Wildman–Crippen MR) is 142 cm³/mol. The van der Waals surface area contributed by atoms with Crippen molar-refractivity contribution in [3.05, 3.63) is 62.1 Å². The molecule has 3 aromatic rings. The van der Waals surface area contributed by atoms with Crippen molar-refractivity contribution in [2.45, 2.75) is 57.8 Å².